The summed E-state index contributed by atoms with van der Waals surface area (Å²) in [6.07, 6.45) is 1.55. The van der Waals surface area contributed by atoms with Crippen molar-refractivity contribution >= 4 is 51.2 Å². The van der Waals surface area contributed by atoms with E-state index in [0.29, 0.717) is 5.82 Å². The lowest BCUT2D eigenvalue weighted by molar-refractivity contribution is -0.119. The number of nitrogens with zero attached hydrogens (tertiary/aromatic N) is 2. The molecule has 31 heavy (non-hydrogen) atoms. The number of likely N-dealkylation sites (N-methyl/N-ethyl adjacent to an activating group) is 1. The molecule has 164 valence electrons. The Hall–Kier alpha value is -3.31. The SMILES string of the molecule is COC(=O)c1cc(NC(=O)CN(C)CC(=O)Nc2ccc(Br)cn2)cc(C(=O)OC)c1. The number of carbonyl (C=O) groups excluding carboxylic acids is 4. The fourth-order valence-corrected chi connectivity index (χ4v) is 2.78. The van der Waals surface area contributed by atoms with Crippen LogP contribution in [0.3, 0.4) is 0 Å². The predicted octanol–water partition coefficient (Wildman–Crippen LogP) is 1.93. The van der Waals surface area contributed by atoms with Crippen molar-refractivity contribution in [1.82, 2.24) is 9.88 Å². The lowest BCUT2D eigenvalue weighted by atomic mass is 10.1. The molecule has 0 spiro atoms. The highest BCUT2D eigenvalue weighted by Crippen LogP contribution is 2.17. The number of anilines is 2. The Morgan fingerprint density at radius 2 is 1.48 bits per heavy atom. The van der Waals surface area contributed by atoms with Crippen LogP contribution in [0.2, 0.25) is 0 Å². The molecule has 2 aromatic rings. The zero-order valence-corrected chi connectivity index (χ0v) is 18.7. The summed E-state index contributed by atoms with van der Waals surface area (Å²) in [7, 11) is 4.00. The molecular weight excluding hydrogens is 472 g/mol. The van der Waals surface area contributed by atoms with Gasteiger partial charge in [0.2, 0.25) is 11.8 Å². The van der Waals surface area contributed by atoms with Crippen LogP contribution in [-0.4, -0.2) is 68.0 Å². The van der Waals surface area contributed by atoms with Crippen LogP contribution < -0.4 is 10.6 Å². The number of rotatable bonds is 8. The van der Waals surface area contributed by atoms with Gasteiger partial charge in [-0.3, -0.25) is 14.5 Å². The number of benzene rings is 1. The Labute approximate surface area is 187 Å². The van der Waals surface area contributed by atoms with E-state index in [0.717, 1.165) is 4.47 Å². The summed E-state index contributed by atoms with van der Waals surface area (Å²) in [5, 5.41) is 5.22. The highest BCUT2D eigenvalue weighted by atomic mass is 79.9. The van der Waals surface area contributed by atoms with Crippen molar-refractivity contribution < 1.29 is 28.7 Å². The summed E-state index contributed by atoms with van der Waals surface area (Å²) in [6, 6.07) is 7.44. The van der Waals surface area contributed by atoms with Gasteiger partial charge in [0.25, 0.3) is 0 Å². The summed E-state index contributed by atoms with van der Waals surface area (Å²) in [6.45, 7) is -0.169. The van der Waals surface area contributed by atoms with Crippen LogP contribution in [0.1, 0.15) is 20.7 Å². The van der Waals surface area contributed by atoms with Gasteiger partial charge in [-0.2, -0.15) is 0 Å². The average Bonchev–Trinajstić information content (AvgIpc) is 2.73. The predicted molar refractivity (Wildman–Crippen MR) is 116 cm³/mol. The smallest absolute Gasteiger partial charge is 0.337 e. The van der Waals surface area contributed by atoms with Crippen molar-refractivity contribution in [2.24, 2.45) is 0 Å². The first-order chi connectivity index (χ1) is 14.7. The van der Waals surface area contributed by atoms with E-state index in [1.54, 1.807) is 25.4 Å². The molecule has 0 bridgehead atoms. The number of hydrogen-bond donors (Lipinski definition) is 2. The first-order valence-electron chi connectivity index (χ1n) is 8.93. The molecule has 0 fully saturated rings. The molecule has 11 heteroatoms. The van der Waals surface area contributed by atoms with Gasteiger partial charge >= 0.3 is 11.9 Å². The molecule has 0 unspecified atom stereocenters. The number of methoxy groups -OCH3 is 2. The average molecular weight is 493 g/mol. The van der Waals surface area contributed by atoms with Crippen LogP contribution in [0.4, 0.5) is 11.5 Å². The Balaban J connectivity index is 1.98. The monoisotopic (exact) mass is 492 g/mol. The molecular formula is C20H21BrN4O6. The van der Waals surface area contributed by atoms with Crippen LogP contribution >= 0.6 is 15.9 Å². The summed E-state index contributed by atoms with van der Waals surface area (Å²) in [5.74, 6) is -1.74. The van der Waals surface area contributed by atoms with Crippen molar-refractivity contribution in [3.8, 4) is 0 Å². The summed E-state index contributed by atoms with van der Waals surface area (Å²) < 4.78 is 10.1. The molecule has 2 amide bonds. The van der Waals surface area contributed by atoms with E-state index in [-0.39, 0.29) is 35.8 Å². The van der Waals surface area contributed by atoms with Crippen molar-refractivity contribution in [3.63, 3.8) is 0 Å². The topological polar surface area (TPSA) is 127 Å². The standard InChI is InChI=1S/C20H21BrN4O6/c1-25(11-18(27)24-16-5-4-14(21)9-22-16)10-17(26)23-15-7-12(19(28)30-2)6-13(8-15)20(29)31-3/h4-9H,10-11H2,1-3H3,(H,23,26)(H,22,24,27). The van der Waals surface area contributed by atoms with Crippen molar-refractivity contribution in [2.45, 2.75) is 0 Å². The van der Waals surface area contributed by atoms with Gasteiger partial charge in [-0.25, -0.2) is 14.6 Å². The number of ether oxygens (including phenoxy) is 2. The number of pyridine rings is 1. The summed E-state index contributed by atoms with van der Waals surface area (Å²) >= 11 is 3.26. The highest BCUT2D eigenvalue weighted by Gasteiger charge is 2.16. The quantitative estimate of drug-likeness (QED) is 0.535. The summed E-state index contributed by atoms with van der Waals surface area (Å²) in [5.41, 5.74) is 0.371. The number of amides is 2. The largest absolute Gasteiger partial charge is 0.465 e. The molecule has 0 radical (unpaired) electrons. The summed E-state index contributed by atoms with van der Waals surface area (Å²) in [4.78, 5) is 53.7. The van der Waals surface area contributed by atoms with Crippen LogP contribution in [0.25, 0.3) is 0 Å². The van der Waals surface area contributed by atoms with Gasteiger partial charge < -0.3 is 20.1 Å². The van der Waals surface area contributed by atoms with Crippen LogP contribution in [0.15, 0.2) is 41.0 Å². The van der Waals surface area contributed by atoms with Crippen molar-refractivity contribution in [1.29, 1.82) is 0 Å². The molecule has 0 aliphatic rings. The van der Waals surface area contributed by atoms with Crippen LogP contribution in [-0.2, 0) is 19.1 Å². The maximum Gasteiger partial charge on any atom is 0.337 e. The normalized spacial score (nSPS) is 10.4. The number of aromatic nitrogens is 1. The molecule has 1 aromatic carbocycles. The van der Waals surface area contributed by atoms with Crippen LogP contribution in [0, 0.1) is 0 Å². The second kappa shape index (κ2) is 11.2. The van der Waals surface area contributed by atoms with Gasteiger partial charge in [-0.15, -0.1) is 0 Å². The molecule has 0 saturated heterocycles. The maximum atomic E-state index is 12.4. The maximum absolute atomic E-state index is 12.4. The molecule has 2 rings (SSSR count). The molecule has 0 atom stereocenters. The van der Waals surface area contributed by atoms with E-state index in [1.807, 2.05) is 0 Å². The molecule has 1 heterocycles. The van der Waals surface area contributed by atoms with Gasteiger partial charge in [0.15, 0.2) is 0 Å². The fraction of sp³-hybridized carbons (Fsp3) is 0.250. The lowest BCUT2D eigenvalue weighted by Crippen LogP contribution is -2.36. The minimum Gasteiger partial charge on any atom is -0.465 e. The van der Waals surface area contributed by atoms with E-state index in [9.17, 15) is 19.2 Å². The molecule has 0 aliphatic heterocycles. The fourth-order valence-electron chi connectivity index (χ4n) is 2.55. The van der Waals surface area contributed by atoms with E-state index in [2.05, 4.69) is 41.0 Å². The zero-order valence-electron chi connectivity index (χ0n) is 17.1. The molecule has 0 aliphatic carbocycles. The van der Waals surface area contributed by atoms with Gasteiger partial charge in [-0.1, -0.05) is 0 Å². The molecule has 2 N–H and O–H groups in total. The third-order valence-corrected chi connectivity index (χ3v) is 4.35. The van der Waals surface area contributed by atoms with Crippen molar-refractivity contribution in [3.05, 3.63) is 52.1 Å². The minimum atomic E-state index is -0.670. The Bertz CT molecular complexity index is 946. The zero-order chi connectivity index (χ0) is 23.0. The third kappa shape index (κ3) is 7.46. The number of carbonyl (C=O) groups is 4. The second-order valence-electron chi connectivity index (χ2n) is 6.41. The van der Waals surface area contributed by atoms with E-state index >= 15 is 0 Å². The second-order valence-corrected chi connectivity index (χ2v) is 7.33. The lowest BCUT2D eigenvalue weighted by Gasteiger charge is -2.16. The van der Waals surface area contributed by atoms with Gasteiger partial charge in [0, 0.05) is 16.4 Å². The van der Waals surface area contributed by atoms with Crippen molar-refractivity contribution in [2.75, 3.05) is 45.0 Å². The van der Waals surface area contributed by atoms with Gasteiger partial charge in [0.1, 0.15) is 5.82 Å². The Kier molecular flexibility index (Phi) is 8.64. The Morgan fingerprint density at radius 3 is 1.97 bits per heavy atom. The first-order valence-corrected chi connectivity index (χ1v) is 9.72. The van der Waals surface area contributed by atoms with E-state index in [1.165, 1.54) is 37.3 Å². The number of nitrogens with one attached hydrogen (secondary N) is 2. The Morgan fingerprint density at radius 1 is 0.935 bits per heavy atom. The minimum absolute atomic E-state index is 0.0548. The first kappa shape index (κ1) is 24.0. The number of esters is 2. The highest BCUT2D eigenvalue weighted by molar-refractivity contribution is 9.10. The molecule has 0 saturated carbocycles. The third-order valence-electron chi connectivity index (χ3n) is 3.88. The van der Waals surface area contributed by atoms with E-state index in [4.69, 9.17) is 0 Å². The van der Waals surface area contributed by atoms with Crippen LogP contribution in [0.5, 0.6) is 0 Å². The number of halogens is 1. The molecule has 10 nitrogen and oxygen atoms in total. The number of hydrogen-bond acceptors (Lipinski definition) is 8. The van der Waals surface area contributed by atoms with Gasteiger partial charge in [0.05, 0.1) is 38.4 Å². The van der Waals surface area contributed by atoms with Gasteiger partial charge in [-0.05, 0) is 53.3 Å². The van der Waals surface area contributed by atoms with E-state index < -0.39 is 17.8 Å². The molecule has 1 aromatic heterocycles.